The maximum Gasteiger partial charge on any atom is 0.490 e. The highest BCUT2D eigenvalue weighted by molar-refractivity contribution is 5.96. The molecule has 0 aliphatic heterocycles. The van der Waals surface area contributed by atoms with Gasteiger partial charge in [-0.05, 0) is 65.7 Å². The zero-order valence-corrected chi connectivity index (χ0v) is 28.7. The average molecular weight is 730 g/mol. The first-order valence-electron chi connectivity index (χ1n) is 16.3. The summed E-state index contributed by atoms with van der Waals surface area (Å²) >= 11 is 0. The third-order valence-electron chi connectivity index (χ3n) is 7.54. The van der Waals surface area contributed by atoms with E-state index < -0.39 is 12.1 Å². The number of halogens is 3. The van der Waals surface area contributed by atoms with E-state index in [1.165, 1.54) is 0 Å². The van der Waals surface area contributed by atoms with Gasteiger partial charge in [0.2, 0.25) is 11.8 Å². The summed E-state index contributed by atoms with van der Waals surface area (Å²) in [7, 11) is 1.59. The van der Waals surface area contributed by atoms with Gasteiger partial charge in [0.1, 0.15) is 23.0 Å². The molecule has 2 amide bonds. The minimum atomic E-state index is -5.08. The number of benzene rings is 5. The molecular weight excluding hydrogens is 691 g/mol. The van der Waals surface area contributed by atoms with Crippen LogP contribution >= 0.6 is 0 Å². The largest absolute Gasteiger partial charge is 0.496 e. The van der Waals surface area contributed by atoms with Crippen molar-refractivity contribution in [3.05, 3.63) is 144 Å². The molecule has 0 aliphatic rings. The second kappa shape index (κ2) is 19.3. The normalized spacial score (nSPS) is 10.7. The smallest absolute Gasteiger partial charge is 0.490 e. The Bertz CT molecular complexity index is 1960. The number of amides is 2. The summed E-state index contributed by atoms with van der Waals surface area (Å²) in [6.07, 6.45) is -5.06. The standard InChI is InChI=1S/C38H37N3O5.C2HF3O2/c1-44-35-16-7-5-11-30(35)26-40-37(42)22-23-38(43)41(27-28-18-20-32(21-19-28)45-31-12-3-2-4-13-31)34-15-6-8-17-36(34)46-33-14-9-10-29(24-33)25-39;3-2(4,5)1(6)7/h2-21,24H,22-23,25-27,39H2,1H3,(H,40,42);(H,6,7). The van der Waals surface area contributed by atoms with Crippen LogP contribution in [0.2, 0.25) is 0 Å². The number of ether oxygens (including phenoxy) is 3. The minimum Gasteiger partial charge on any atom is -0.496 e. The van der Waals surface area contributed by atoms with Crippen molar-refractivity contribution in [3.8, 4) is 28.7 Å². The average Bonchev–Trinajstić information content (AvgIpc) is 3.16. The van der Waals surface area contributed by atoms with E-state index in [1.54, 1.807) is 12.0 Å². The quantitative estimate of drug-likeness (QED) is 0.105. The van der Waals surface area contributed by atoms with Gasteiger partial charge in [0.05, 0.1) is 19.3 Å². The van der Waals surface area contributed by atoms with Crippen molar-refractivity contribution in [2.45, 2.75) is 38.7 Å². The van der Waals surface area contributed by atoms with Crippen LogP contribution in [0.15, 0.2) is 127 Å². The molecule has 276 valence electrons. The lowest BCUT2D eigenvalue weighted by Crippen LogP contribution is -2.32. The van der Waals surface area contributed by atoms with E-state index in [2.05, 4.69) is 5.32 Å². The van der Waals surface area contributed by atoms with Gasteiger partial charge in [0, 0.05) is 31.5 Å². The number of nitrogens with zero attached hydrogens (tertiary/aromatic N) is 1. The third-order valence-corrected chi connectivity index (χ3v) is 7.54. The molecule has 5 rings (SSSR count). The van der Waals surface area contributed by atoms with E-state index in [0.717, 1.165) is 22.4 Å². The summed E-state index contributed by atoms with van der Waals surface area (Å²) < 4.78 is 49.3. The number of carbonyl (C=O) groups excluding carboxylic acids is 2. The Morgan fingerprint density at radius 1 is 0.717 bits per heavy atom. The number of carboxylic acids is 1. The van der Waals surface area contributed by atoms with Gasteiger partial charge < -0.3 is 35.3 Å². The number of hydrogen-bond acceptors (Lipinski definition) is 7. The molecule has 10 nitrogen and oxygen atoms in total. The Labute approximate surface area is 304 Å². The van der Waals surface area contributed by atoms with Crippen molar-refractivity contribution in [2.75, 3.05) is 12.0 Å². The van der Waals surface area contributed by atoms with E-state index in [4.69, 9.17) is 29.8 Å². The molecule has 0 aliphatic carbocycles. The molecule has 0 spiro atoms. The molecular formula is C40H38F3N3O7. The number of hydrogen-bond donors (Lipinski definition) is 3. The summed E-state index contributed by atoms with van der Waals surface area (Å²) in [4.78, 5) is 37.2. The van der Waals surface area contributed by atoms with Crippen molar-refractivity contribution in [2.24, 2.45) is 5.73 Å². The number of rotatable bonds is 14. The lowest BCUT2D eigenvalue weighted by Gasteiger charge is -2.25. The second-order valence-electron chi connectivity index (χ2n) is 11.4. The molecule has 53 heavy (non-hydrogen) atoms. The van der Waals surface area contributed by atoms with E-state index in [1.807, 2.05) is 127 Å². The Morgan fingerprint density at radius 2 is 1.32 bits per heavy atom. The molecule has 0 fully saturated rings. The van der Waals surface area contributed by atoms with Crippen LogP contribution in [0, 0.1) is 0 Å². The summed E-state index contributed by atoms with van der Waals surface area (Å²) in [5.41, 5.74) is 9.10. The first-order chi connectivity index (χ1) is 25.5. The zero-order valence-electron chi connectivity index (χ0n) is 28.7. The molecule has 5 aromatic rings. The number of carbonyl (C=O) groups is 3. The van der Waals surface area contributed by atoms with Gasteiger partial charge in [-0.2, -0.15) is 13.2 Å². The summed E-state index contributed by atoms with van der Waals surface area (Å²) in [6, 6.07) is 39.5. The number of carboxylic acid groups (broad SMARTS) is 1. The molecule has 0 radical (unpaired) electrons. The summed E-state index contributed by atoms with van der Waals surface area (Å²) in [6.45, 7) is 0.944. The number of nitrogens with one attached hydrogen (secondary N) is 1. The number of nitrogens with two attached hydrogens (primary N) is 1. The number of alkyl halides is 3. The molecule has 13 heteroatoms. The van der Waals surface area contributed by atoms with Crippen molar-refractivity contribution < 1.29 is 46.9 Å². The van der Waals surface area contributed by atoms with E-state index >= 15 is 0 Å². The van der Waals surface area contributed by atoms with Gasteiger partial charge in [-0.1, -0.05) is 72.8 Å². The molecule has 0 heterocycles. The molecule has 5 aromatic carbocycles. The van der Waals surface area contributed by atoms with Gasteiger partial charge in [-0.3, -0.25) is 9.59 Å². The van der Waals surface area contributed by atoms with Gasteiger partial charge >= 0.3 is 12.1 Å². The first kappa shape index (κ1) is 39.4. The zero-order chi connectivity index (χ0) is 38.2. The third kappa shape index (κ3) is 12.4. The van der Waals surface area contributed by atoms with Crippen molar-refractivity contribution >= 4 is 23.5 Å². The van der Waals surface area contributed by atoms with Crippen LogP contribution in [-0.4, -0.2) is 36.2 Å². The molecule has 0 saturated heterocycles. The molecule has 0 unspecified atom stereocenters. The fraction of sp³-hybridized carbons (Fsp3) is 0.175. The van der Waals surface area contributed by atoms with Gasteiger partial charge in [0.15, 0.2) is 5.75 Å². The predicted octanol–water partition coefficient (Wildman–Crippen LogP) is 8.00. The molecule has 0 aromatic heterocycles. The first-order valence-corrected chi connectivity index (χ1v) is 16.3. The summed E-state index contributed by atoms with van der Waals surface area (Å²) in [5, 5.41) is 10.0. The lowest BCUT2D eigenvalue weighted by molar-refractivity contribution is -0.192. The Hall–Kier alpha value is -6.34. The number of anilines is 1. The maximum absolute atomic E-state index is 13.9. The van der Waals surface area contributed by atoms with Crippen molar-refractivity contribution in [1.29, 1.82) is 0 Å². The van der Waals surface area contributed by atoms with Crippen LogP contribution < -0.4 is 30.2 Å². The van der Waals surface area contributed by atoms with Gasteiger partial charge in [0.25, 0.3) is 0 Å². The van der Waals surface area contributed by atoms with Crippen LogP contribution in [0.25, 0.3) is 0 Å². The van der Waals surface area contributed by atoms with Crippen molar-refractivity contribution in [1.82, 2.24) is 5.32 Å². The molecule has 0 atom stereocenters. The van der Waals surface area contributed by atoms with Crippen LogP contribution in [0.5, 0.6) is 28.7 Å². The SMILES string of the molecule is COc1ccccc1CNC(=O)CCC(=O)N(Cc1ccc(Oc2ccccc2)cc1)c1ccccc1Oc1cccc(CN)c1.O=C(O)C(F)(F)F. The van der Waals surface area contributed by atoms with Gasteiger partial charge in [-0.25, -0.2) is 4.79 Å². The lowest BCUT2D eigenvalue weighted by atomic mass is 10.1. The molecule has 0 bridgehead atoms. The fourth-order valence-electron chi connectivity index (χ4n) is 4.89. The summed E-state index contributed by atoms with van der Waals surface area (Å²) in [5.74, 6) is 0.0272. The van der Waals surface area contributed by atoms with Crippen LogP contribution in [0.1, 0.15) is 29.5 Å². The second-order valence-corrected chi connectivity index (χ2v) is 11.4. The van der Waals surface area contributed by atoms with Crippen molar-refractivity contribution in [3.63, 3.8) is 0 Å². The van der Waals surface area contributed by atoms with E-state index in [9.17, 15) is 22.8 Å². The van der Waals surface area contributed by atoms with E-state index in [-0.39, 0.29) is 31.2 Å². The maximum atomic E-state index is 13.9. The molecule has 0 saturated carbocycles. The van der Waals surface area contributed by atoms with Crippen LogP contribution in [0.4, 0.5) is 18.9 Å². The predicted molar refractivity (Wildman–Crippen MR) is 193 cm³/mol. The topological polar surface area (TPSA) is 140 Å². The van der Waals surface area contributed by atoms with Crippen LogP contribution in [0.3, 0.4) is 0 Å². The number of methoxy groups -OCH3 is 1. The van der Waals surface area contributed by atoms with E-state index in [0.29, 0.717) is 41.8 Å². The monoisotopic (exact) mass is 729 g/mol. The molecule has 4 N–H and O–H groups in total. The highest BCUT2D eigenvalue weighted by Gasteiger charge is 2.38. The Morgan fingerprint density at radius 3 is 1.98 bits per heavy atom. The van der Waals surface area contributed by atoms with Crippen LogP contribution in [-0.2, 0) is 34.0 Å². The minimum absolute atomic E-state index is 0.00392. The Kier molecular flexibility index (Phi) is 14.4. The highest BCUT2D eigenvalue weighted by atomic mass is 19.4. The number of aliphatic carboxylic acids is 1. The number of para-hydroxylation sites is 4. The fourth-order valence-corrected chi connectivity index (χ4v) is 4.89. The Balaban J connectivity index is 0.000000815. The van der Waals surface area contributed by atoms with Gasteiger partial charge in [-0.15, -0.1) is 0 Å². The highest BCUT2D eigenvalue weighted by Crippen LogP contribution is 2.34.